The molecule has 20 heavy (non-hydrogen) atoms. The van der Waals surface area contributed by atoms with Gasteiger partial charge in [-0.25, -0.2) is 4.79 Å². The van der Waals surface area contributed by atoms with Crippen molar-refractivity contribution in [3.63, 3.8) is 0 Å². The summed E-state index contributed by atoms with van der Waals surface area (Å²) in [5.41, 5.74) is 0.814. The van der Waals surface area contributed by atoms with Crippen molar-refractivity contribution >= 4 is 29.2 Å². The second kappa shape index (κ2) is 8.35. The van der Waals surface area contributed by atoms with E-state index in [4.69, 9.17) is 28.3 Å². The molecule has 0 aliphatic rings. The first kappa shape index (κ1) is 17.1. The van der Waals surface area contributed by atoms with Gasteiger partial charge in [0.2, 0.25) is 0 Å². The molecule has 2 amide bonds. The maximum Gasteiger partial charge on any atom is 0.315 e. The van der Waals surface area contributed by atoms with Crippen molar-refractivity contribution in [3.8, 4) is 0 Å². The van der Waals surface area contributed by atoms with E-state index in [2.05, 4.69) is 10.6 Å². The minimum Gasteiger partial charge on any atom is -0.396 e. The van der Waals surface area contributed by atoms with E-state index in [9.17, 15) is 4.79 Å². The third-order valence-electron chi connectivity index (χ3n) is 2.95. The van der Waals surface area contributed by atoms with Gasteiger partial charge in [0.05, 0.1) is 6.04 Å². The van der Waals surface area contributed by atoms with Crippen LogP contribution in [0.5, 0.6) is 0 Å². The van der Waals surface area contributed by atoms with Gasteiger partial charge < -0.3 is 15.7 Å². The van der Waals surface area contributed by atoms with Crippen molar-refractivity contribution in [3.05, 3.63) is 33.8 Å². The summed E-state index contributed by atoms with van der Waals surface area (Å²) in [6.07, 6.45) is 1.40. The molecule has 0 spiro atoms. The highest BCUT2D eigenvalue weighted by Crippen LogP contribution is 2.25. The minimum absolute atomic E-state index is 0.00930. The van der Waals surface area contributed by atoms with Gasteiger partial charge in [0, 0.05) is 22.7 Å². The lowest BCUT2D eigenvalue weighted by atomic mass is 10.1. The number of amides is 2. The molecule has 0 fully saturated rings. The summed E-state index contributed by atoms with van der Waals surface area (Å²) in [4.78, 5) is 11.8. The van der Waals surface area contributed by atoms with Crippen LogP contribution in [-0.2, 0) is 0 Å². The van der Waals surface area contributed by atoms with Crippen LogP contribution in [0.25, 0.3) is 0 Å². The highest BCUT2D eigenvalue weighted by molar-refractivity contribution is 6.35. The summed E-state index contributed by atoms with van der Waals surface area (Å²) < 4.78 is 0. The second-order valence-electron chi connectivity index (χ2n) is 4.77. The van der Waals surface area contributed by atoms with E-state index in [1.807, 2.05) is 13.8 Å². The number of carbonyl (C=O) groups is 1. The first-order valence-corrected chi connectivity index (χ1v) is 7.32. The molecule has 6 heteroatoms. The van der Waals surface area contributed by atoms with Crippen LogP contribution in [0, 0.1) is 0 Å². The molecule has 0 aromatic heterocycles. The molecule has 0 radical (unpaired) electrons. The Hall–Kier alpha value is -0.970. The molecule has 0 heterocycles. The van der Waals surface area contributed by atoms with Gasteiger partial charge in [0.1, 0.15) is 0 Å². The fraction of sp³-hybridized carbons (Fsp3) is 0.500. The lowest BCUT2D eigenvalue weighted by molar-refractivity contribution is 0.231. The topological polar surface area (TPSA) is 61.4 Å². The standard InChI is InChI=1S/C14H20Cl2N2O2/c1-9(4-3-7-19)17-14(20)18-10(2)12-6-5-11(15)8-13(12)16/h5-6,8-10,19H,3-4,7H2,1-2H3,(H2,17,18,20). The van der Waals surface area contributed by atoms with E-state index in [0.717, 1.165) is 12.0 Å². The third-order valence-corrected chi connectivity index (χ3v) is 3.51. The van der Waals surface area contributed by atoms with Crippen LogP contribution < -0.4 is 10.6 Å². The average Bonchev–Trinajstić information content (AvgIpc) is 2.35. The first-order valence-electron chi connectivity index (χ1n) is 6.57. The molecule has 0 aliphatic carbocycles. The van der Waals surface area contributed by atoms with Crippen molar-refractivity contribution < 1.29 is 9.90 Å². The van der Waals surface area contributed by atoms with E-state index in [1.165, 1.54) is 0 Å². The zero-order valence-electron chi connectivity index (χ0n) is 11.6. The maximum absolute atomic E-state index is 11.8. The lowest BCUT2D eigenvalue weighted by Gasteiger charge is -2.19. The highest BCUT2D eigenvalue weighted by atomic mass is 35.5. The number of rotatable bonds is 6. The highest BCUT2D eigenvalue weighted by Gasteiger charge is 2.14. The normalized spacial score (nSPS) is 13.7. The van der Waals surface area contributed by atoms with E-state index in [1.54, 1.807) is 18.2 Å². The SMILES string of the molecule is CC(CCCO)NC(=O)NC(C)c1ccc(Cl)cc1Cl. The molecular weight excluding hydrogens is 299 g/mol. The fourth-order valence-corrected chi connectivity index (χ4v) is 2.43. The Bertz CT molecular complexity index is 455. The zero-order chi connectivity index (χ0) is 15.1. The Labute approximate surface area is 129 Å². The number of aliphatic hydroxyl groups is 1. The first-order chi connectivity index (χ1) is 9.43. The number of aliphatic hydroxyl groups excluding tert-OH is 1. The van der Waals surface area contributed by atoms with Gasteiger partial charge in [-0.1, -0.05) is 29.3 Å². The second-order valence-corrected chi connectivity index (χ2v) is 5.62. The molecule has 1 aromatic rings. The number of urea groups is 1. The van der Waals surface area contributed by atoms with Gasteiger partial charge in [-0.05, 0) is 44.4 Å². The quantitative estimate of drug-likeness (QED) is 0.751. The smallest absolute Gasteiger partial charge is 0.315 e. The predicted octanol–water partition coefficient (Wildman–Crippen LogP) is 3.51. The Balaban J connectivity index is 2.52. The number of carbonyl (C=O) groups excluding carboxylic acids is 1. The molecule has 2 atom stereocenters. The summed E-state index contributed by atoms with van der Waals surface area (Å²) in [6.45, 7) is 3.88. The maximum atomic E-state index is 11.8. The molecule has 1 aromatic carbocycles. The molecule has 4 nitrogen and oxygen atoms in total. The molecule has 0 saturated heterocycles. The number of hydrogen-bond acceptors (Lipinski definition) is 2. The molecule has 3 N–H and O–H groups in total. The summed E-state index contributed by atoms with van der Waals surface area (Å²) in [6, 6.07) is 4.72. The van der Waals surface area contributed by atoms with Gasteiger partial charge >= 0.3 is 6.03 Å². The van der Waals surface area contributed by atoms with E-state index < -0.39 is 0 Å². The number of benzene rings is 1. The molecule has 112 valence electrons. The van der Waals surface area contributed by atoms with Crippen LogP contribution in [-0.4, -0.2) is 23.8 Å². The molecule has 0 bridgehead atoms. The van der Waals surface area contributed by atoms with Crippen molar-refractivity contribution in [2.45, 2.75) is 38.8 Å². The van der Waals surface area contributed by atoms with E-state index >= 15 is 0 Å². The van der Waals surface area contributed by atoms with Crippen molar-refractivity contribution in [2.24, 2.45) is 0 Å². The fourth-order valence-electron chi connectivity index (χ4n) is 1.86. The minimum atomic E-state index is -0.256. The van der Waals surface area contributed by atoms with Gasteiger partial charge in [0.15, 0.2) is 0 Å². The average molecular weight is 319 g/mol. The molecule has 0 saturated carbocycles. The summed E-state index contributed by atoms with van der Waals surface area (Å²) in [5, 5.41) is 15.5. The van der Waals surface area contributed by atoms with Gasteiger partial charge in [-0.3, -0.25) is 0 Å². The van der Waals surface area contributed by atoms with Crippen LogP contribution >= 0.6 is 23.2 Å². The third kappa shape index (κ3) is 5.57. The van der Waals surface area contributed by atoms with Crippen LogP contribution in [0.4, 0.5) is 4.79 Å². The lowest BCUT2D eigenvalue weighted by Crippen LogP contribution is -2.41. The van der Waals surface area contributed by atoms with E-state index in [-0.39, 0.29) is 24.7 Å². The molecule has 1 rings (SSSR count). The monoisotopic (exact) mass is 318 g/mol. The largest absolute Gasteiger partial charge is 0.396 e. The zero-order valence-corrected chi connectivity index (χ0v) is 13.1. The Morgan fingerprint density at radius 2 is 2.00 bits per heavy atom. The molecular formula is C14H20Cl2N2O2. The van der Waals surface area contributed by atoms with Gasteiger partial charge in [-0.15, -0.1) is 0 Å². The van der Waals surface area contributed by atoms with Crippen LogP contribution in [0.3, 0.4) is 0 Å². The van der Waals surface area contributed by atoms with Crippen molar-refractivity contribution in [2.75, 3.05) is 6.61 Å². The van der Waals surface area contributed by atoms with Crippen LogP contribution in [0.1, 0.15) is 38.3 Å². The Kier molecular flexibility index (Phi) is 7.13. The van der Waals surface area contributed by atoms with Crippen LogP contribution in [0.2, 0.25) is 10.0 Å². The molecule has 0 aliphatic heterocycles. The van der Waals surface area contributed by atoms with Crippen LogP contribution in [0.15, 0.2) is 18.2 Å². The van der Waals surface area contributed by atoms with Gasteiger partial charge in [-0.2, -0.15) is 0 Å². The summed E-state index contributed by atoms with van der Waals surface area (Å²) in [7, 11) is 0. The molecule has 2 unspecified atom stereocenters. The van der Waals surface area contributed by atoms with Gasteiger partial charge in [0.25, 0.3) is 0 Å². The summed E-state index contributed by atoms with van der Waals surface area (Å²) in [5.74, 6) is 0. The Morgan fingerprint density at radius 1 is 1.30 bits per heavy atom. The number of halogens is 2. The number of nitrogens with one attached hydrogen (secondary N) is 2. The number of hydrogen-bond donors (Lipinski definition) is 3. The summed E-state index contributed by atoms with van der Waals surface area (Å²) >= 11 is 11.9. The Morgan fingerprint density at radius 3 is 2.60 bits per heavy atom. The van der Waals surface area contributed by atoms with Crippen molar-refractivity contribution in [1.82, 2.24) is 10.6 Å². The van der Waals surface area contributed by atoms with E-state index in [0.29, 0.717) is 16.5 Å². The predicted molar refractivity (Wildman–Crippen MR) is 82.3 cm³/mol. The van der Waals surface area contributed by atoms with Crippen molar-refractivity contribution in [1.29, 1.82) is 0 Å².